The average Bonchev–Trinajstić information content (AvgIpc) is 3.05. The first kappa shape index (κ1) is 18.6. The van der Waals surface area contributed by atoms with Gasteiger partial charge in [-0.1, -0.05) is 11.6 Å². The lowest BCUT2D eigenvalue weighted by molar-refractivity contribution is -0.121. The Kier molecular flexibility index (Phi) is 5.16. The third kappa shape index (κ3) is 3.15. The van der Waals surface area contributed by atoms with Gasteiger partial charge in [0.1, 0.15) is 5.75 Å². The van der Waals surface area contributed by atoms with Crippen LogP contribution in [0.3, 0.4) is 0 Å². The molecule has 0 atom stereocenters. The molecule has 2 aromatic rings. The Labute approximate surface area is 162 Å². The third-order valence-electron chi connectivity index (χ3n) is 4.33. The molecule has 3 rings (SSSR count). The van der Waals surface area contributed by atoms with Crippen molar-refractivity contribution >= 4 is 40.5 Å². The van der Waals surface area contributed by atoms with Crippen LogP contribution in [0.1, 0.15) is 17.0 Å². The van der Waals surface area contributed by atoms with Crippen molar-refractivity contribution in [3.8, 4) is 11.4 Å². The minimum Gasteiger partial charge on any atom is -0.495 e. The van der Waals surface area contributed by atoms with Gasteiger partial charge in [-0.3, -0.25) is 14.7 Å². The van der Waals surface area contributed by atoms with E-state index >= 15 is 0 Å². The van der Waals surface area contributed by atoms with E-state index in [0.717, 1.165) is 28.4 Å². The predicted molar refractivity (Wildman–Crippen MR) is 109 cm³/mol. The number of likely N-dealkylation sites (N-methyl/N-ethyl adjacent to an activating group) is 1. The molecule has 0 aliphatic carbocycles. The number of amidine groups is 1. The number of aromatic nitrogens is 1. The zero-order valence-electron chi connectivity index (χ0n) is 15.3. The van der Waals surface area contributed by atoms with Crippen LogP contribution < -0.4 is 4.74 Å². The number of rotatable bonds is 3. The van der Waals surface area contributed by atoms with Gasteiger partial charge in [-0.25, -0.2) is 0 Å². The second-order valence-corrected chi connectivity index (χ2v) is 7.40. The molecule has 136 valence electrons. The zero-order chi connectivity index (χ0) is 19.0. The van der Waals surface area contributed by atoms with E-state index in [1.54, 1.807) is 32.2 Å². The second-order valence-electron chi connectivity index (χ2n) is 5.96. The number of nitrogens with zero attached hydrogens (tertiary/aromatic N) is 3. The van der Waals surface area contributed by atoms with Crippen molar-refractivity contribution in [2.75, 3.05) is 21.2 Å². The summed E-state index contributed by atoms with van der Waals surface area (Å²) >= 11 is 7.58. The first-order valence-electron chi connectivity index (χ1n) is 8.04. The van der Waals surface area contributed by atoms with Crippen LogP contribution >= 0.6 is 23.4 Å². The average molecular weight is 390 g/mol. The van der Waals surface area contributed by atoms with Crippen LogP contribution in [0.15, 0.2) is 34.2 Å². The summed E-state index contributed by atoms with van der Waals surface area (Å²) in [4.78, 5) is 18.8. The van der Waals surface area contributed by atoms with Crippen LogP contribution in [0.5, 0.6) is 5.75 Å². The normalized spacial score (nSPS) is 17.6. The molecular formula is C19H20ClN3O2S. The van der Waals surface area contributed by atoms with Crippen molar-refractivity contribution in [3.63, 3.8) is 0 Å². The van der Waals surface area contributed by atoms with E-state index < -0.39 is 0 Å². The first-order valence-corrected chi connectivity index (χ1v) is 9.24. The summed E-state index contributed by atoms with van der Waals surface area (Å²) in [6.07, 6.45) is 1.91. The Morgan fingerprint density at radius 1 is 1.27 bits per heavy atom. The maximum atomic E-state index is 12.4. The summed E-state index contributed by atoms with van der Waals surface area (Å²) in [6.45, 7) is 4.03. The van der Waals surface area contributed by atoms with E-state index in [2.05, 4.69) is 15.6 Å². The maximum absolute atomic E-state index is 12.4. The lowest BCUT2D eigenvalue weighted by atomic mass is 10.2. The van der Waals surface area contributed by atoms with E-state index in [-0.39, 0.29) is 5.91 Å². The fourth-order valence-corrected chi connectivity index (χ4v) is 4.12. The van der Waals surface area contributed by atoms with Crippen molar-refractivity contribution in [2.45, 2.75) is 13.8 Å². The van der Waals surface area contributed by atoms with E-state index in [1.165, 1.54) is 11.8 Å². The van der Waals surface area contributed by atoms with E-state index in [1.807, 2.05) is 32.1 Å². The number of methoxy groups -OCH3 is 1. The molecule has 0 radical (unpaired) electrons. The standard InChI is InChI=1S/C19H20ClN3O2S/c1-11-8-13(9-17-18(24)22(4)19(21-3)26-17)12(2)23(11)15-10-14(20)6-7-16(15)25-5/h6-10H,1-5H3/b17-9+,21-19?. The molecule has 7 heteroatoms. The lowest BCUT2D eigenvalue weighted by Crippen LogP contribution is -2.23. The summed E-state index contributed by atoms with van der Waals surface area (Å²) in [5.41, 5.74) is 3.89. The minimum atomic E-state index is -0.0410. The first-order chi connectivity index (χ1) is 12.4. The smallest absolute Gasteiger partial charge is 0.266 e. The Morgan fingerprint density at radius 2 is 2.00 bits per heavy atom. The molecule has 0 saturated carbocycles. The number of thioether (sulfide) groups is 1. The molecule has 0 N–H and O–H groups in total. The lowest BCUT2D eigenvalue weighted by Gasteiger charge is -2.14. The summed E-state index contributed by atoms with van der Waals surface area (Å²) in [7, 11) is 5.06. The van der Waals surface area contributed by atoms with E-state index in [0.29, 0.717) is 15.1 Å². The van der Waals surface area contributed by atoms with Gasteiger partial charge in [0.25, 0.3) is 5.91 Å². The highest BCUT2D eigenvalue weighted by atomic mass is 35.5. The zero-order valence-corrected chi connectivity index (χ0v) is 16.9. The predicted octanol–water partition coefficient (Wildman–Crippen LogP) is 4.29. The highest BCUT2D eigenvalue weighted by Gasteiger charge is 2.30. The van der Waals surface area contributed by atoms with Gasteiger partial charge >= 0.3 is 0 Å². The van der Waals surface area contributed by atoms with Crippen LogP contribution in [0.2, 0.25) is 5.02 Å². The molecule has 1 aliphatic rings. The fourth-order valence-electron chi connectivity index (χ4n) is 3.03. The van der Waals surface area contributed by atoms with Gasteiger partial charge < -0.3 is 9.30 Å². The number of benzene rings is 1. The molecule has 1 fully saturated rings. The van der Waals surface area contributed by atoms with Crippen LogP contribution in [0.4, 0.5) is 0 Å². The number of carbonyl (C=O) groups excluding carboxylic acids is 1. The Bertz CT molecular complexity index is 947. The molecular weight excluding hydrogens is 370 g/mol. The molecule has 0 spiro atoms. The number of carbonyl (C=O) groups is 1. The van der Waals surface area contributed by atoms with Gasteiger partial charge in [0.15, 0.2) is 5.17 Å². The second kappa shape index (κ2) is 7.21. The maximum Gasteiger partial charge on any atom is 0.266 e. The SMILES string of the molecule is CN=C1S/C(=C/c2cc(C)n(-c3cc(Cl)ccc3OC)c2C)C(=O)N1C. The van der Waals surface area contributed by atoms with Gasteiger partial charge in [-0.15, -0.1) is 0 Å². The molecule has 1 aliphatic heterocycles. The number of halogens is 1. The van der Waals surface area contributed by atoms with Crippen molar-refractivity contribution < 1.29 is 9.53 Å². The monoisotopic (exact) mass is 389 g/mol. The summed E-state index contributed by atoms with van der Waals surface area (Å²) < 4.78 is 7.57. The molecule has 26 heavy (non-hydrogen) atoms. The van der Waals surface area contributed by atoms with Crippen LogP contribution in [0.25, 0.3) is 11.8 Å². The number of hydrogen-bond donors (Lipinski definition) is 0. The molecule has 2 heterocycles. The van der Waals surface area contributed by atoms with Gasteiger partial charge in [0.2, 0.25) is 0 Å². The van der Waals surface area contributed by atoms with Gasteiger partial charge in [-0.05, 0) is 61.5 Å². The minimum absolute atomic E-state index is 0.0410. The van der Waals surface area contributed by atoms with Crippen LogP contribution in [-0.2, 0) is 4.79 Å². The number of aliphatic imine (C=N–C) groups is 1. The topological polar surface area (TPSA) is 46.8 Å². The molecule has 1 aromatic heterocycles. The highest BCUT2D eigenvalue weighted by Crippen LogP contribution is 2.34. The van der Waals surface area contributed by atoms with Crippen LogP contribution in [0, 0.1) is 13.8 Å². The van der Waals surface area contributed by atoms with Crippen molar-refractivity contribution in [3.05, 3.63) is 51.1 Å². The summed E-state index contributed by atoms with van der Waals surface area (Å²) in [5.74, 6) is 0.697. The molecule has 1 saturated heterocycles. The van der Waals surface area contributed by atoms with Gasteiger partial charge in [0.05, 0.1) is 17.7 Å². The third-order valence-corrected chi connectivity index (χ3v) is 5.72. The molecule has 1 aromatic carbocycles. The Hall–Kier alpha value is -2.18. The van der Waals surface area contributed by atoms with Gasteiger partial charge in [-0.2, -0.15) is 0 Å². The summed E-state index contributed by atoms with van der Waals surface area (Å²) in [5, 5.41) is 1.34. The number of hydrogen-bond acceptors (Lipinski definition) is 4. The Balaban J connectivity index is 2.10. The van der Waals surface area contributed by atoms with Crippen LogP contribution in [-0.4, -0.2) is 41.7 Å². The van der Waals surface area contributed by atoms with Crippen molar-refractivity contribution in [1.29, 1.82) is 0 Å². The fraction of sp³-hybridized carbons (Fsp3) is 0.263. The quantitative estimate of drug-likeness (QED) is 0.736. The van der Waals surface area contributed by atoms with E-state index in [9.17, 15) is 4.79 Å². The van der Waals surface area contributed by atoms with Gasteiger partial charge in [0, 0.05) is 30.5 Å². The molecule has 0 unspecified atom stereocenters. The Morgan fingerprint density at radius 3 is 2.62 bits per heavy atom. The largest absolute Gasteiger partial charge is 0.495 e. The van der Waals surface area contributed by atoms with E-state index in [4.69, 9.17) is 16.3 Å². The summed E-state index contributed by atoms with van der Waals surface area (Å²) in [6, 6.07) is 7.58. The number of aryl methyl sites for hydroxylation is 1. The molecule has 0 bridgehead atoms. The van der Waals surface area contributed by atoms with Crippen molar-refractivity contribution in [2.24, 2.45) is 4.99 Å². The highest BCUT2D eigenvalue weighted by molar-refractivity contribution is 8.18. The molecule has 1 amide bonds. The number of amides is 1. The molecule has 5 nitrogen and oxygen atoms in total. The van der Waals surface area contributed by atoms with Crippen molar-refractivity contribution in [1.82, 2.24) is 9.47 Å². The number of ether oxygens (including phenoxy) is 1.